The molecule has 0 aromatic carbocycles. The SMILES string of the molecule is CC(C(=O)C(=O)O)C(F)(F)F. The van der Waals surface area contributed by atoms with Gasteiger partial charge in [0.05, 0.1) is 0 Å². The smallest absolute Gasteiger partial charge is 0.398 e. The molecule has 0 heterocycles. The van der Waals surface area contributed by atoms with Crippen LogP contribution in [0, 0.1) is 5.92 Å². The lowest BCUT2D eigenvalue weighted by Gasteiger charge is -2.10. The highest BCUT2D eigenvalue weighted by Crippen LogP contribution is 2.26. The molecule has 0 saturated heterocycles. The second-order valence-electron chi connectivity index (χ2n) is 1.93. The average Bonchev–Trinajstić information content (AvgIpc) is 1.82. The van der Waals surface area contributed by atoms with Gasteiger partial charge in [-0.05, 0) is 6.92 Å². The van der Waals surface area contributed by atoms with Gasteiger partial charge in [-0.3, -0.25) is 4.79 Å². The van der Waals surface area contributed by atoms with Crippen LogP contribution in [0.3, 0.4) is 0 Å². The summed E-state index contributed by atoms with van der Waals surface area (Å²) in [6.45, 7) is 0.510. The van der Waals surface area contributed by atoms with Crippen molar-refractivity contribution < 1.29 is 27.9 Å². The monoisotopic (exact) mass is 170 g/mol. The zero-order valence-corrected chi connectivity index (χ0v) is 5.47. The Morgan fingerprint density at radius 3 is 1.82 bits per heavy atom. The molecule has 0 aliphatic rings. The first-order valence-electron chi connectivity index (χ1n) is 2.60. The van der Waals surface area contributed by atoms with Gasteiger partial charge in [0.1, 0.15) is 5.92 Å². The Morgan fingerprint density at radius 2 is 1.73 bits per heavy atom. The van der Waals surface area contributed by atoms with Crippen molar-refractivity contribution in [2.24, 2.45) is 5.92 Å². The number of aliphatic carboxylic acids is 1. The average molecular weight is 170 g/mol. The molecule has 0 aliphatic heterocycles. The van der Waals surface area contributed by atoms with E-state index in [1.54, 1.807) is 0 Å². The van der Waals surface area contributed by atoms with Crippen molar-refractivity contribution in [2.45, 2.75) is 13.1 Å². The summed E-state index contributed by atoms with van der Waals surface area (Å²) in [5.41, 5.74) is 0. The molecule has 11 heavy (non-hydrogen) atoms. The molecular weight excluding hydrogens is 165 g/mol. The highest BCUT2D eigenvalue weighted by molar-refractivity contribution is 6.33. The Bertz CT molecular complexity index is 184. The summed E-state index contributed by atoms with van der Waals surface area (Å²) >= 11 is 0. The van der Waals surface area contributed by atoms with Crippen LogP contribution in [-0.2, 0) is 9.59 Å². The largest absolute Gasteiger partial charge is 0.475 e. The molecule has 0 radical (unpaired) electrons. The predicted octanol–water partition coefficient (Wildman–Crippen LogP) is 0.838. The maximum Gasteiger partial charge on any atom is 0.398 e. The zero-order valence-electron chi connectivity index (χ0n) is 5.47. The summed E-state index contributed by atoms with van der Waals surface area (Å²) in [4.78, 5) is 19.9. The number of carboxylic acid groups (broad SMARTS) is 1. The first kappa shape index (κ1) is 9.93. The van der Waals surface area contributed by atoms with E-state index in [0.717, 1.165) is 0 Å². The normalized spacial score (nSPS) is 14.2. The van der Waals surface area contributed by atoms with E-state index in [9.17, 15) is 22.8 Å². The van der Waals surface area contributed by atoms with Crippen LogP contribution in [0.1, 0.15) is 6.92 Å². The molecule has 0 bridgehead atoms. The first-order chi connectivity index (χ1) is 4.76. The topological polar surface area (TPSA) is 54.4 Å². The van der Waals surface area contributed by atoms with Crippen LogP contribution >= 0.6 is 0 Å². The fourth-order valence-corrected chi connectivity index (χ4v) is 0.334. The van der Waals surface area contributed by atoms with Gasteiger partial charge in [0.2, 0.25) is 0 Å². The molecule has 1 N–H and O–H groups in total. The number of alkyl halides is 3. The van der Waals surface area contributed by atoms with Crippen molar-refractivity contribution in [2.75, 3.05) is 0 Å². The number of ketones is 1. The van der Waals surface area contributed by atoms with Crippen LogP contribution < -0.4 is 0 Å². The lowest BCUT2D eigenvalue weighted by atomic mass is 10.1. The van der Waals surface area contributed by atoms with Crippen LogP contribution in [-0.4, -0.2) is 23.0 Å². The summed E-state index contributed by atoms with van der Waals surface area (Å²) in [7, 11) is 0. The minimum atomic E-state index is -4.77. The molecule has 0 rings (SSSR count). The Hall–Kier alpha value is -1.07. The van der Waals surface area contributed by atoms with Crippen molar-refractivity contribution in [1.29, 1.82) is 0 Å². The highest BCUT2D eigenvalue weighted by atomic mass is 19.4. The number of carboxylic acids is 1. The first-order valence-corrected chi connectivity index (χ1v) is 2.60. The van der Waals surface area contributed by atoms with E-state index in [0.29, 0.717) is 6.92 Å². The Morgan fingerprint density at radius 1 is 1.36 bits per heavy atom. The maximum atomic E-state index is 11.6. The van der Waals surface area contributed by atoms with Crippen LogP contribution in [0.25, 0.3) is 0 Å². The standard InChI is InChI=1S/C5H5F3O3/c1-2(5(6,7)8)3(9)4(10)11/h2H,1H3,(H,10,11). The molecule has 0 fully saturated rings. The number of carbonyl (C=O) groups excluding carboxylic acids is 1. The number of hydrogen-bond acceptors (Lipinski definition) is 2. The molecule has 1 unspecified atom stereocenters. The molecular formula is C5H5F3O3. The lowest BCUT2D eigenvalue weighted by Crippen LogP contribution is -2.32. The second kappa shape index (κ2) is 2.89. The Kier molecular flexibility index (Phi) is 2.61. The highest BCUT2D eigenvalue weighted by Gasteiger charge is 2.43. The number of carbonyl (C=O) groups is 2. The summed E-state index contributed by atoms with van der Waals surface area (Å²) < 4.78 is 34.7. The maximum absolute atomic E-state index is 11.6. The summed E-state index contributed by atoms with van der Waals surface area (Å²) in [5, 5.41) is 7.87. The molecule has 0 aromatic rings. The third-order valence-corrected chi connectivity index (χ3v) is 1.10. The Balaban J connectivity index is 4.38. The summed E-state index contributed by atoms with van der Waals surface area (Å²) in [6, 6.07) is 0. The van der Waals surface area contributed by atoms with Crippen molar-refractivity contribution in [1.82, 2.24) is 0 Å². The minimum Gasteiger partial charge on any atom is -0.475 e. The van der Waals surface area contributed by atoms with Gasteiger partial charge in [0, 0.05) is 0 Å². The number of rotatable bonds is 2. The van der Waals surface area contributed by atoms with Crippen molar-refractivity contribution in [3.05, 3.63) is 0 Å². The van der Waals surface area contributed by atoms with Crippen molar-refractivity contribution in [3.8, 4) is 0 Å². The van der Waals surface area contributed by atoms with Gasteiger partial charge in [-0.25, -0.2) is 4.79 Å². The third-order valence-electron chi connectivity index (χ3n) is 1.10. The predicted molar refractivity (Wildman–Crippen MR) is 27.9 cm³/mol. The van der Waals surface area contributed by atoms with E-state index in [1.807, 2.05) is 0 Å². The number of halogens is 3. The van der Waals surface area contributed by atoms with Crippen LogP contribution in [0.2, 0.25) is 0 Å². The van der Waals surface area contributed by atoms with Gasteiger partial charge >= 0.3 is 12.1 Å². The number of hydrogen-bond donors (Lipinski definition) is 1. The zero-order chi connectivity index (χ0) is 9.23. The van der Waals surface area contributed by atoms with Gasteiger partial charge in [-0.15, -0.1) is 0 Å². The minimum absolute atomic E-state index is 0.510. The quantitative estimate of drug-likeness (QED) is 0.624. The van der Waals surface area contributed by atoms with E-state index < -0.39 is 23.8 Å². The lowest BCUT2D eigenvalue weighted by molar-refractivity contribution is -0.183. The van der Waals surface area contributed by atoms with Gasteiger partial charge in [0.15, 0.2) is 0 Å². The molecule has 0 aromatic heterocycles. The van der Waals surface area contributed by atoms with E-state index in [1.165, 1.54) is 0 Å². The third kappa shape index (κ3) is 2.57. The van der Waals surface area contributed by atoms with E-state index in [4.69, 9.17) is 5.11 Å². The molecule has 1 atom stereocenters. The van der Waals surface area contributed by atoms with Gasteiger partial charge in [0.25, 0.3) is 5.78 Å². The van der Waals surface area contributed by atoms with Gasteiger partial charge < -0.3 is 5.11 Å². The second-order valence-corrected chi connectivity index (χ2v) is 1.93. The molecule has 6 heteroatoms. The van der Waals surface area contributed by atoms with Crippen molar-refractivity contribution in [3.63, 3.8) is 0 Å². The van der Waals surface area contributed by atoms with E-state index in [-0.39, 0.29) is 0 Å². The summed E-state index contributed by atoms with van der Waals surface area (Å²) in [5.74, 6) is -6.33. The van der Waals surface area contributed by atoms with Crippen molar-refractivity contribution >= 4 is 11.8 Å². The van der Waals surface area contributed by atoms with Crippen LogP contribution in [0.5, 0.6) is 0 Å². The van der Waals surface area contributed by atoms with Crippen LogP contribution in [0.4, 0.5) is 13.2 Å². The van der Waals surface area contributed by atoms with Gasteiger partial charge in [-0.2, -0.15) is 13.2 Å². The Labute approximate surface area is 59.8 Å². The van der Waals surface area contributed by atoms with Gasteiger partial charge in [-0.1, -0.05) is 0 Å². The fourth-order valence-electron chi connectivity index (χ4n) is 0.334. The molecule has 0 amide bonds. The summed E-state index contributed by atoms with van der Waals surface area (Å²) in [6.07, 6.45) is -4.77. The van der Waals surface area contributed by atoms with E-state index >= 15 is 0 Å². The molecule has 64 valence electrons. The fraction of sp³-hybridized carbons (Fsp3) is 0.600. The molecule has 0 aliphatic carbocycles. The molecule has 3 nitrogen and oxygen atoms in total. The number of Topliss-reactive ketones (excluding diaryl/α,β-unsaturated/α-hetero) is 1. The molecule has 0 saturated carbocycles. The molecule has 0 spiro atoms. The van der Waals surface area contributed by atoms with Crippen LogP contribution in [0.15, 0.2) is 0 Å². The van der Waals surface area contributed by atoms with E-state index in [2.05, 4.69) is 0 Å².